The Kier molecular flexibility index (Phi) is 3.21. The molecule has 0 bridgehead atoms. The van der Waals surface area contributed by atoms with Crippen LogP contribution in [0.25, 0.3) is 0 Å². The van der Waals surface area contributed by atoms with E-state index in [9.17, 15) is 14.4 Å². The molecule has 5 nitrogen and oxygen atoms in total. The molecule has 2 heterocycles. The molecule has 0 N–H and O–H groups in total. The molecule has 1 saturated heterocycles. The van der Waals surface area contributed by atoms with Crippen molar-refractivity contribution in [3.63, 3.8) is 0 Å². The standard InChI is InChI=1S/C12H13NO4S/c1-6-7(2)18-11(10(6)12(16)17-3)13-5-8(14)4-9(13)15/h4-5H2,1-3H3. The highest BCUT2D eigenvalue weighted by Crippen LogP contribution is 2.37. The maximum absolute atomic E-state index is 11.8. The van der Waals surface area contributed by atoms with Gasteiger partial charge in [-0.1, -0.05) is 0 Å². The van der Waals surface area contributed by atoms with Crippen LogP contribution in [0.2, 0.25) is 0 Å². The lowest BCUT2D eigenvalue weighted by molar-refractivity contribution is -0.121. The fourth-order valence-corrected chi connectivity index (χ4v) is 3.07. The van der Waals surface area contributed by atoms with Crippen LogP contribution in [0.5, 0.6) is 0 Å². The van der Waals surface area contributed by atoms with Crippen molar-refractivity contribution < 1.29 is 19.1 Å². The largest absolute Gasteiger partial charge is 0.465 e. The molecule has 1 aromatic rings. The minimum atomic E-state index is -0.473. The third kappa shape index (κ3) is 1.92. The molecule has 0 unspecified atom stereocenters. The molecule has 0 saturated carbocycles. The first-order valence-electron chi connectivity index (χ1n) is 5.46. The summed E-state index contributed by atoms with van der Waals surface area (Å²) < 4.78 is 4.74. The summed E-state index contributed by atoms with van der Waals surface area (Å²) in [5, 5.41) is 0.521. The van der Waals surface area contributed by atoms with Crippen LogP contribution in [-0.4, -0.2) is 31.3 Å². The van der Waals surface area contributed by atoms with Gasteiger partial charge in [0.1, 0.15) is 5.00 Å². The summed E-state index contributed by atoms with van der Waals surface area (Å²) >= 11 is 1.34. The normalized spacial score (nSPS) is 15.4. The van der Waals surface area contributed by atoms with Crippen molar-refractivity contribution in [1.82, 2.24) is 0 Å². The number of hydrogen-bond acceptors (Lipinski definition) is 5. The Morgan fingerprint density at radius 2 is 2.00 bits per heavy atom. The molecule has 1 aliphatic heterocycles. The number of aryl methyl sites for hydroxylation is 1. The number of ketones is 1. The van der Waals surface area contributed by atoms with E-state index in [1.165, 1.54) is 23.3 Å². The number of amides is 1. The van der Waals surface area contributed by atoms with Crippen LogP contribution in [-0.2, 0) is 14.3 Å². The van der Waals surface area contributed by atoms with Crippen LogP contribution in [0, 0.1) is 13.8 Å². The zero-order valence-corrected chi connectivity index (χ0v) is 11.2. The number of Topliss-reactive ketones (excluding diaryl/α,β-unsaturated/α-hetero) is 1. The van der Waals surface area contributed by atoms with E-state index in [0.29, 0.717) is 10.6 Å². The van der Waals surface area contributed by atoms with Gasteiger partial charge in [-0.05, 0) is 19.4 Å². The minimum Gasteiger partial charge on any atom is -0.465 e. The molecule has 96 valence electrons. The Labute approximate surface area is 108 Å². The zero-order chi connectivity index (χ0) is 13.4. The second-order valence-electron chi connectivity index (χ2n) is 4.15. The highest BCUT2D eigenvalue weighted by atomic mass is 32.1. The topological polar surface area (TPSA) is 63.7 Å². The molecule has 1 aromatic heterocycles. The molecule has 0 atom stereocenters. The summed E-state index contributed by atoms with van der Waals surface area (Å²) in [6, 6.07) is 0. The lowest BCUT2D eigenvalue weighted by Gasteiger charge is -2.14. The van der Waals surface area contributed by atoms with E-state index in [4.69, 9.17) is 4.74 Å². The average Bonchev–Trinajstić information content (AvgIpc) is 2.79. The number of hydrogen-bond donors (Lipinski definition) is 0. The van der Waals surface area contributed by atoms with Crippen LogP contribution >= 0.6 is 11.3 Å². The Balaban J connectivity index is 2.51. The smallest absolute Gasteiger partial charge is 0.341 e. The molecule has 1 amide bonds. The summed E-state index contributed by atoms with van der Waals surface area (Å²) in [5.74, 6) is -0.857. The molecule has 0 aliphatic carbocycles. The van der Waals surface area contributed by atoms with E-state index in [2.05, 4.69) is 0 Å². The van der Waals surface area contributed by atoms with E-state index >= 15 is 0 Å². The monoisotopic (exact) mass is 267 g/mol. The maximum Gasteiger partial charge on any atom is 0.341 e. The number of ether oxygens (including phenoxy) is 1. The molecule has 0 spiro atoms. The molecule has 6 heteroatoms. The van der Waals surface area contributed by atoms with Crippen LogP contribution in [0.3, 0.4) is 0 Å². The van der Waals surface area contributed by atoms with Crippen LogP contribution in [0.4, 0.5) is 5.00 Å². The van der Waals surface area contributed by atoms with Crippen LogP contribution in [0.15, 0.2) is 0 Å². The lowest BCUT2D eigenvalue weighted by atomic mass is 10.1. The first-order chi connectivity index (χ1) is 8.45. The van der Waals surface area contributed by atoms with Crippen molar-refractivity contribution in [2.45, 2.75) is 20.3 Å². The minimum absolute atomic E-state index is 0.0439. The van der Waals surface area contributed by atoms with Crippen molar-refractivity contribution in [2.24, 2.45) is 0 Å². The number of nitrogens with zero attached hydrogens (tertiary/aromatic N) is 1. The SMILES string of the molecule is COC(=O)c1c(N2CC(=O)CC2=O)sc(C)c1C. The quantitative estimate of drug-likeness (QED) is 0.601. The fourth-order valence-electron chi connectivity index (χ4n) is 1.91. The number of carbonyl (C=O) groups is 3. The highest BCUT2D eigenvalue weighted by Gasteiger charge is 2.34. The average molecular weight is 267 g/mol. The summed E-state index contributed by atoms with van der Waals surface area (Å²) in [6.45, 7) is 3.73. The molecular formula is C12H13NO4S. The summed E-state index contributed by atoms with van der Waals surface area (Å²) in [4.78, 5) is 37.1. The first-order valence-corrected chi connectivity index (χ1v) is 6.27. The van der Waals surface area contributed by atoms with E-state index in [0.717, 1.165) is 10.4 Å². The molecular weight excluding hydrogens is 254 g/mol. The van der Waals surface area contributed by atoms with Gasteiger partial charge in [0.05, 0.1) is 25.6 Å². The number of anilines is 1. The van der Waals surface area contributed by atoms with E-state index in [-0.39, 0.29) is 24.7 Å². The van der Waals surface area contributed by atoms with Gasteiger partial charge in [0.25, 0.3) is 0 Å². The lowest BCUT2D eigenvalue weighted by Crippen LogP contribution is -2.25. The number of rotatable bonds is 2. The maximum atomic E-state index is 11.8. The third-order valence-electron chi connectivity index (χ3n) is 2.99. The third-order valence-corrected chi connectivity index (χ3v) is 4.22. The molecule has 1 aliphatic rings. The Bertz CT molecular complexity index is 547. The van der Waals surface area contributed by atoms with Gasteiger partial charge in [-0.3, -0.25) is 14.5 Å². The number of carbonyl (C=O) groups excluding carboxylic acids is 3. The van der Waals surface area contributed by atoms with Gasteiger partial charge in [0, 0.05) is 4.88 Å². The van der Waals surface area contributed by atoms with Gasteiger partial charge < -0.3 is 4.74 Å². The fraction of sp³-hybridized carbons (Fsp3) is 0.417. The summed E-state index contributed by atoms with van der Waals surface area (Å²) in [7, 11) is 1.30. The van der Waals surface area contributed by atoms with E-state index < -0.39 is 5.97 Å². The number of thiophene rings is 1. The Morgan fingerprint density at radius 3 is 2.50 bits per heavy atom. The van der Waals surface area contributed by atoms with Gasteiger partial charge in [0.2, 0.25) is 5.91 Å². The highest BCUT2D eigenvalue weighted by molar-refractivity contribution is 7.17. The van der Waals surface area contributed by atoms with Gasteiger partial charge in [-0.25, -0.2) is 4.79 Å². The molecule has 2 rings (SSSR count). The van der Waals surface area contributed by atoms with Crippen molar-refractivity contribution in [2.75, 3.05) is 18.6 Å². The van der Waals surface area contributed by atoms with Gasteiger partial charge in [-0.2, -0.15) is 0 Å². The predicted molar refractivity (Wildman–Crippen MR) is 67.1 cm³/mol. The van der Waals surface area contributed by atoms with Crippen molar-refractivity contribution in [3.8, 4) is 0 Å². The van der Waals surface area contributed by atoms with E-state index in [1.54, 1.807) is 0 Å². The Morgan fingerprint density at radius 1 is 1.33 bits per heavy atom. The van der Waals surface area contributed by atoms with Crippen molar-refractivity contribution in [1.29, 1.82) is 0 Å². The molecule has 1 fully saturated rings. The predicted octanol–water partition coefficient (Wildman–Crippen LogP) is 1.46. The second-order valence-corrected chi connectivity index (χ2v) is 5.35. The van der Waals surface area contributed by atoms with Crippen LogP contribution in [0.1, 0.15) is 27.2 Å². The van der Waals surface area contributed by atoms with Gasteiger partial charge in [-0.15, -0.1) is 11.3 Å². The van der Waals surface area contributed by atoms with Crippen LogP contribution < -0.4 is 4.90 Å². The molecule has 18 heavy (non-hydrogen) atoms. The number of esters is 1. The summed E-state index contributed by atoms with van der Waals surface area (Å²) in [6.07, 6.45) is -0.0867. The summed E-state index contributed by atoms with van der Waals surface area (Å²) in [5.41, 5.74) is 1.19. The molecule has 0 aromatic carbocycles. The second kappa shape index (κ2) is 4.53. The number of methoxy groups -OCH3 is 1. The van der Waals surface area contributed by atoms with Gasteiger partial charge >= 0.3 is 5.97 Å². The van der Waals surface area contributed by atoms with Gasteiger partial charge in [0.15, 0.2) is 5.78 Å². The van der Waals surface area contributed by atoms with Crippen molar-refractivity contribution >= 4 is 34.0 Å². The zero-order valence-electron chi connectivity index (χ0n) is 10.4. The Hall–Kier alpha value is -1.69. The first kappa shape index (κ1) is 12.8. The van der Waals surface area contributed by atoms with E-state index in [1.807, 2.05) is 13.8 Å². The molecule has 0 radical (unpaired) electrons. The van der Waals surface area contributed by atoms with Crippen molar-refractivity contribution in [3.05, 3.63) is 16.0 Å².